The zero-order chi connectivity index (χ0) is 18.5. The second-order valence-corrected chi connectivity index (χ2v) is 6.81. The minimum absolute atomic E-state index is 0.186. The average Bonchev–Trinajstić information content (AvgIpc) is 2.89. The molecule has 1 heterocycles. The Morgan fingerprint density at radius 1 is 1.08 bits per heavy atom. The zero-order valence-corrected chi connectivity index (χ0v) is 15.0. The number of imide groups is 1. The van der Waals surface area contributed by atoms with Gasteiger partial charge in [0, 0.05) is 0 Å². The number of hydrogen-bond acceptors (Lipinski definition) is 5. The van der Waals surface area contributed by atoms with E-state index in [-0.39, 0.29) is 12.3 Å². The number of ketones is 1. The number of amides is 2. The summed E-state index contributed by atoms with van der Waals surface area (Å²) < 4.78 is 5.72. The van der Waals surface area contributed by atoms with Crippen LogP contribution in [-0.2, 0) is 16.2 Å². The molecule has 0 aliphatic carbocycles. The molecule has 0 N–H and O–H groups in total. The molecule has 2 aromatic carbocycles. The van der Waals surface area contributed by atoms with Gasteiger partial charge in [-0.05, 0) is 48.0 Å². The summed E-state index contributed by atoms with van der Waals surface area (Å²) in [6.07, 6.45) is 1.64. The van der Waals surface area contributed by atoms with E-state index in [0.717, 1.165) is 33.5 Å². The highest BCUT2D eigenvalue weighted by Gasteiger charge is 2.35. The van der Waals surface area contributed by atoms with E-state index >= 15 is 0 Å². The normalized spacial score (nSPS) is 15.6. The molecule has 1 saturated heterocycles. The standard InChI is InChI=1S/C20H17NO4S/c1-14(22)12-21-19(23)18(26-20(21)24)11-15-7-9-17(10-8-15)25-13-16-5-3-2-4-6-16/h2-11H,12-13H2,1H3/b18-11-. The lowest BCUT2D eigenvalue weighted by Crippen LogP contribution is -2.32. The number of nitrogens with zero attached hydrogens (tertiary/aromatic N) is 1. The molecule has 26 heavy (non-hydrogen) atoms. The van der Waals surface area contributed by atoms with Crippen molar-refractivity contribution in [3.8, 4) is 5.75 Å². The molecule has 6 heteroatoms. The molecule has 2 amide bonds. The molecule has 132 valence electrons. The Morgan fingerprint density at radius 2 is 1.77 bits per heavy atom. The summed E-state index contributed by atoms with van der Waals surface area (Å²) in [6, 6.07) is 17.1. The molecule has 0 saturated carbocycles. The van der Waals surface area contributed by atoms with Crippen molar-refractivity contribution in [2.75, 3.05) is 6.54 Å². The smallest absolute Gasteiger partial charge is 0.293 e. The SMILES string of the molecule is CC(=O)CN1C(=O)S/C(=C\c2ccc(OCc3ccccc3)cc2)C1=O. The molecule has 1 fully saturated rings. The van der Waals surface area contributed by atoms with Gasteiger partial charge in [0.25, 0.3) is 11.1 Å². The first-order valence-electron chi connectivity index (χ1n) is 8.04. The highest BCUT2D eigenvalue weighted by molar-refractivity contribution is 8.18. The lowest BCUT2D eigenvalue weighted by atomic mass is 10.2. The van der Waals surface area contributed by atoms with Crippen LogP contribution in [0.2, 0.25) is 0 Å². The monoisotopic (exact) mass is 367 g/mol. The number of carbonyl (C=O) groups excluding carboxylic acids is 3. The first-order valence-corrected chi connectivity index (χ1v) is 8.86. The molecular weight excluding hydrogens is 350 g/mol. The Morgan fingerprint density at radius 3 is 2.42 bits per heavy atom. The van der Waals surface area contributed by atoms with Crippen LogP contribution in [0.3, 0.4) is 0 Å². The van der Waals surface area contributed by atoms with E-state index in [4.69, 9.17) is 4.74 Å². The van der Waals surface area contributed by atoms with Gasteiger partial charge in [0.05, 0.1) is 11.4 Å². The first-order chi connectivity index (χ1) is 12.5. The molecule has 0 bridgehead atoms. The number of benzene rings is 2. The molecule has 0 aromatic heterocycles. The Balaban J connectivity index is 1.65. The van der Waals surface area contributed by atoms with Crippen LogP contribution in [0.5, 0.6) is 5.75 Å². The zero-order valence-electron chi connectivity index (χ0n) is 14.2. The van der Waals surface area contributed by atoms with Crippen LogP contribution in [0.1, 0.15) is 18.1 Å². The van der Waals surface area contributed by atoms with E-state index in [0.29, 0.717) is 11.5 Å². The van der Waals surface area contributed by atoms with Gasteiger partial charge in [0.15, 0.2) is 0 Å². The summed E-state index contributed by atoms with van der Waals surface area (Å²) in [4.78, 5) is 36.5. The molecule has 0 spiro atoms. The molecule has 5 nitrogen and oxygen atoms in total. The molecule has 1 aliphatic rings. The van der Waals surface area contributed by atoms with Crippen LogP contribution in [0.25, 0.3) is 6.08 Å². The first kappa shape index (κ1) is 17.9. The highest BCUT2D eigenvalue weighted by Crippen LogP contribution is 2.32. The Labute approximate surface area is 155 Å². The van der Waals surface area contributed by atoms with Crippen molar-refractivity contribution in [2.24, 2.45) is 0 Å². The van der Waals surface area contributed by atoms with Gasteiger partial charge in [0.2, 0.25) is 0 Å². The maximum Gasteiger partial charge on any atom is 0.293 e. The quantitative estimate of drug-likeness (QED) is 0.725. The summed E-state index contributed by atoms with van der Waals surface area (Å²) in [5.74, 6) is 0.0590. The number of rotatable bonds is 6. The number of hydrogen-bond donors (Lipinski definition) is 0. The number of thioether (sulfide) groups is 1. The molecule has 3 rings (SSSR count). The van der Waals surface area contributed by atoms with Gasteiger partial charge in [-0.1, -0.05) is 42.5 Å². The van der Waals surface area contributed by atoms with Gasteiger partial charge in [-0.3, -0.25) is 19.3 Å². The Kier molecular flexibility index (Phi) is 5.53. The van der Waals surface area contributed by atoms with Crippen molar-refractivity contribution < 1.29 is 19.1 Å². The summed E-state index contributed by atoms with van der Waals surface area (Å²) >= 11 is 0.845. The largest absolute Gasteiger partial charge is 0.489 e. The predicted octanol–water partition coefficient (Wildman–Crippen LogP) is 3.89. The molecular formula is C20H17NO4S. The van der Waals surface area contributed by atoms with E-state index in [1.54, 1.807) is 6.08 Å². The minimum Gasteiger partial charge on any atom is -0.489 e. The summed E-state index contributed by atoms with van der Waals surface area (Å²) in [6.45, 7) is 1.64. The van der Waals surface area contributed by atoms with E-state index in [1.165, 1.54) is 6.92 Å². The van der Waals surface area contributed by atoms with Crippen molar-refractivity contribution in [3.63, 3.8) is 0 Å². The van der Waals surface area contributed by atoms with Crippen LogP contribution in [0.4, 0.5) is 4.79 Å². The maximum absolute atomic E-state index is 12.2. The molecule has 0 radical (unpaired) electrons. The van der Waals surface area contributed by atoms with Gasteiger partial charge in [0.1, 0.15) is 18.1 Å². The maximum atomic E-state index is 12.2. The minimum atomic E-state index is -0.431. The van der Waals surface area contributed by atoms with Gasteiger partial charge < -0.3 is 4.74 Å². The van der Waals surface area contributed by atoms with Crippen molar-refractivity contribution in [3.05, 3.63) is 70.6 Å². The van der Waals surface area contributed by atoms with E-state index in [1.807, 2.05) is 54.6 Å². The molecule has 0 atom stereocenters. The second-order valence-electron chi connectivity index (χ2n) is 5.81. The fourth-order valence-corrected chi connectivity index (χ4v) is 3.25. The fraction of sp³-hybridized carbons (Fsp3) is 0.150. The highest BCUT2D eigenvalue weighted by atomic mass is 32.2. The fourth-order valence-electron chi connectivity index (χ4n) is 2.41. The lowest BCUT2D eigenvalue weighted by molar-refractivity contribution is -0.127. The Hall–Kier alpha value is -2.86. The van der Waals surface area contributed by atoms with Crippen LogP contribution < -0.4 is 4.74 Å². The van der Waals surface area contributed by atoms with Crippen molar-refractivity contribution in [1.82, 2.24) is 4.90 Å². The third-order valence-electron chi connectivity index (χ3n) is 3.68. The lowest BCUT2D eigenvalue weighted by Gasteiger charge is -2.08. The van der Waals surface area contributed by atoms with Gasteiger partial charge in [-0.25, -0.2) is 0 Å². The topological polar surface area (TPSA) is 63.7 Å². The summed E-state index contributed by atoms with van der Waals surface area (Å²) in [5, 5.41) is -0.417. The predicted molar refractivity (Wildman–Crippen MR) is 101 cm³/mol. The van der Waals surface area contributed by atoms with Crippen molar-refractivity contribution in [1.29, 1.82) is 0 Å². The van der Waals surface area contributed by atoms with Crippen LogP contribution in [-0.4, -0.2) is 28.4 Å². The molecule has 1 aliphatic heterocycles. The van der Waals surface area contributed by atoms with E-state index < -0.39 is 11.1 Å². The van der Waals surface area contributed by atoms with Crippen LogP contribution in [0, 0.1) is 0 Å². The van der Waals surface area contributed by atoms with Crippen LogP contribution >= 0.6 is 11.8 Å². The van der Waals surface area contributed by atoms with Gasteiger partial charge in [-0.2, -0.15) is 0 Å². The number of Topliss-reactive ketones (excluding diaryl/α,β-unsaturated/α-hetero) is 1. The van der Waals surface area contributed by atoms with Crippen LogP contribution in [0.15, 0.2) is 59.5 Å². The van der Waals surface area contributed by atoms with Crippen molar-refractivity contribution in [2.45, 2.75) is 13.5 Å². The summed E-state index contributed by atoms with van der Waals surface area (Å²) in [7, 11) is 0. The van der Waals surface area contributed by atoms with Gasteiger partial charge >= 0.3 is 0 Å². The third-order valence-corrected chi connectivity index (χ3v) is 4.59. The number of ether oxygens (including phenoxy) is 1. The summed E-state index contributed by atoms with van der Waals surface area (Å²) in [5.41, 5.74) is 1.86. The second kappa shape index (κ2) is 8.01. The molecule has 0 unspecified atom stereocenters. The number of carbonyl (C=O) groups is 3. The molecule has 2 aromatic rings. The average molecular weight is 367 g/mol. The van der Waals surface area contributed by atoms with Gasteiger partial charge in [-0.15, -0.1) is 0 Å². The third kappa shape index (κ3) is 4.40. The van der Waals surface area contributed by atoms with E-state index in [9.17, 15) is 14.4 Å². The van der Waals surface area contributed by atoms with E-state index in [2.05, 4.69) is 0 Å². The van der Waals surface area contributed by atoms with Crippen molar-refractivity contribution >= 4 is 34.8 Å². The Bertz CT molecular complexity index is 859.